The molecule has 14 heteroatoms. The summed E-state index contributed by atoms with van der Waals surface area (Å²) in [5, 5.41) is 1.76. The first-order valence-electron chi connectivity index (χ1n) is 9.87. The van der Waals surface area contributed by atoms with Crippen LogP contribution in [0.1, 0.15) is 0 Å². The van der Waals surface area contributed by atoms with Gasteiger partial charge in [0.1, 0.15) is 23.5 Å². The van der Waals surface area contributed by atoms with Crippen molar-refractivity contribution >= 4 is 49.8 Å². The van der Waals surface area contributed by atoms with E-state index in [1.54, 1.807) is 0 Å². The van der Waals surface area contributed by atoms with Gasteiger partial charge in [-0.25, -0.2) is 18.2 Å². The fraction of sp³-hybridized carbons (Fsp3) is 0.300. The Hall–Kier alpha value is -2.87. The first-order chi connectivity index (χ1) is 16.0. The van der Waals surface area contributed by atoms with Gasteiger partial charge in [-0.2, -0.15) is 12.7 Å². The summed E-state index contributed by atoms with van der Waals surface area (Å²) in [6, 6.07) is 4.61. The molecular formula is C20H19ClF3N5O4S. The van der Waals surface area contributed by atoms with Crippen molar-refractivity contribution in [2.24, 2.45) is 7.05 Å². The maximum atomic E-state index is 15.1. The van der Waals surface area contributed by atoms with Gasteiger partial charge in [0.05, 0.1) is 33.9 Å². The van der Waals surface area contributed by atoms with Gasteiger partial charge in [0.2, 0.25) is 0 Å². The summed E-state index contributed by atoms with van der Waals surface area (Å²) < 4.78 is 78.1. The molecule has 2 heterocycles. The number of methoxy groups -OCH3 is 1. The van der Waals surface area contributed by atoms with Crippen LogP contribution in [-0.4, -0.2) is 54.7 Å². The fourth-order valence-corrected chi connectivity index (χ4v) is 5.12. The van der Waals surface area contributed by atoms with E-state index in [0.29, 0.717) is 0 Å². The zero-order valence-electron chi connectivity index (χ0n) is 17.9. The van der Waals surface area contributed by atoms with Crippen LogP contribution in [0.5, 0.6) is 0 Å². The van der Waals surface area contributed by atoms with Crippen molar-refractivity contribution in [2.45, 2.75) is 12.3 Å². The highest BCUT2D eigenvalue weighted by Gasteiger charge is 2.39. The van der Waals surface area contributed by atoms with Gasteiger partial charge in [-0.1, -0.05) is 11.6 Å². The van der Waals surface area contributed by atoms with Crippen LogP contribution in [0.25, 0.3) is 10.9 Å². The first kappa shape index (κ1) is 24.3. The summed E-state index contributed by atoms with van der Waals surface area (Å²) in [6.07, 6.45) is -1.19. The quantitative estimate of drug-likeness (QED) is 0.521. The average molecular weight is 518 g/mol. The number of fused-ring (bicyclic) bond motifs is 1. The number of hydrogen-bond acceptors (Lipinski definition) is 6. The van der Waals surface area contributed by atoms with E-state index in [1.165, 1.54) is 32.6 Å². The fourth-order valence-electron chi connectivity index (χ4n) is 3.56. The average Bonchev–Trinajstić information content (AvgIpc) is 3.18. The van der Waals surface area contributed by atoms with Crippen LogP contribution < -0.4 is 15.6 Å². The van der Waals surface area contributed by atoms with Crippen molar-refractivity contribution in [1.82, 2.24) is 13.9 Å². The van der Waals surface area contributed by atoms with Gasteiger partial charge in [0.25, 0.3) is 5.56 Å². The Kier molecular flexibility index (Phi) is 6.46. The van der Waals surface area contributed by atoms with Crippen molar-refractivity contribution in [3.05, 3.63) is 57.6 Å². The topological polar surface area (TPSA) is 106 Å². The minimum Gasteiger partial charge on any atom is -0.377 e. The highest BCUT2D eigenvalue weighted by atomic mass is 35.5. The lowest BCUT2D eigenvalue weighted by atomic mass is 10.2. The molecule has 1 aliphatic rings. The summed E-state index contributed by atoms with van der Waals surface area (Å²) >= 11 is 6.24. The van der Waals surface area contributed by atoms with Crippen molar-refractivity contribution < 1.29 is 26.3 Å². The SMILES string of the molecule is CO[C@H]1CN(S(=O)(=O)Nc2ccc(F)c(Nc3ccc4ncn(C)c(=O)c4c3F)c2Cl)C[C@H]1F. The molecule has 34 heavy (non-hydrogen) atoms. The van der Waals surface area contributed by atoms with E-state index in [2.05, 4.69) is 15.0 Å². The molecule has 1 aliphatic heterocycles. The molecule has 182 valence electrons. The zero-order valence-corrected chi connectivity index (χ0v) is 19.4. The zero-order chi connectivity index (χ0) is 24.8. The summed E-state index contributed by atoms with van der Waals surface area (Å²) in [4.78, 5) is 16.3. The Morgan fingerprint density at radius 3 is 2.56 bits per heavy atom. The first-order valence-corrected chi connectivity index (χ1v) is 11.7. The van der Waals surface area contributed by atoms with Crippen molar-refractivity contribution in [1.29, 1.82) is 0 Å². The number of nitrogens with zero attached hydrogens (tertiary/aromatic N) is 3. The number of alkyl halides is 1. The van der Waals surface area contributed by atoms with Crippen LogP contribution in [0.15, 0.2) is 35.4 Å². The molecule has 0 bridgehead atoms. The van der Waals surface area contributed by atoms with E-state index in [9.17, 15) is 22.0 Å². The third-order valence-electron chi connectivity index (χ3n) is 5.42. The lowest BCUT2D eigenvalue weighted by Gasteiger charge is -2.19. The van der Waals surface area contributed by atoms with Gasteiger partial charge in [0.15, 0.2) is 5.82 Å². The number of aromatic nitrogens is 2. The second-order valence-electron chi connectivity index (χ2n) is 7.61. The van der Waals surface area contributed by atoms with Crippen LogP contribution >= 0.6 is 11.6 Å². The predicted octanol–water partition coefficient (Wildman–Crippen LogP) is 2.93. The van der Waals surface area contributed by atoms with Crippen LogP contribution in [0.2, 0.25) is 5.02 Å². The molecule has 2 aromatic carbocycles. The van der Waals surface area contributed by atoms with E-state index in [1.807, 2.05) is 0 Å². The molecule has 3 aromatic rings. The van der Waals surface area contributed by atoms with Crippen LogP contribution in [0.3, 0.4) is 0 Å². The van der Waals surface area contributed by atoms with Gasteiger partial charge < -0.3 is 14.6 Å². The smallest absolute Gasteiger partial charge is 0.301 e. The number of ether oxygens (including phenoxy) is 1. The molecule has 0 saturated carbocycles. The normalized spacial score (nSPS) is 19.0. The molecule has 1 fully saturated rings. The number of benzene rings is 2. The van der Waals surface area contributed by atoms with Crippen molar-refractivity contribution in [3.8, 4) is 0 Å². The van der Waals surface area contributed by atoms with E-state index in [0.717, 1.165) is 21.0 Å². The Balaban J connectivity index is 1.67. The molecule has 1 saturated heterocycles. The Morgan fingerprint density at radius 2 is 1.88 bits per heavy atom. The van der Waals surface area contributed by atoms with E-state index < -0.39 is 56.9 Å². The van der Waals surface area contributed by atoms with Gasteiger partial charge in [-0.3, -0.25) is 9.52 Å². The van der Waals surface area contributed by atoms with Crippen LogP contribution in [-0.2, 0) is 22.0 Å². The van der Waals surface area contributed by atoms with Gasteiger partial charge in [0, 0.05) is 27.2 Å². The molecule has 0 spiro atoms. The van der Waals surface area contributed by atoms with Crippen molar-refractivity contribution in [2.75, 3.05) is 30.2 Å². The molecule has 0 unspecified atom stereocenters. The largest absolute Gasteiger partial charge is 0.377 e. The second-order valence-corrected chi connectivity index (χ2v) is 9.65. The predicted molar refractivity (Wildman–Crippen MR) is 121 cm³/mol. The Bertz CT molecular complexity index is 1440. The van der Waals surface area contributed by atoms with Crippen molar-refractivity contribution in [3.63, 3.8) is 0 Å². The molecule has 2 atom stereocenters. The van der Waals surface area contributed by atoms with Gasteiger partial charge in [-0.15, -0.1) is 0 Å². The molecule has 4 rings (SSSR count). The molecule has 2 N–H and O–H groups in total. The van der Waals surface area contributed by atoms with Crippen LogP contribution in [0.4, 0.5) is 30.2 Å². The lowest BCUT2D eigenvalue weighted by Crippen LogP contribution is -2.35. The summed E-state index contributed by atoms with van der Waals surface area (Å²) in [5.74, 6) is -1.89. The lowest BCUT2D eigenvalue weighted by molar-refractivity contribution is 0.0637. The second kappa shape index (κ2) is 9.06. The monoisotopic (exact) mass is 517 g/mol. The molecule has 0 aliphatic carbocycles. The number of rotatable bonds is 6. The maximum absolute atomic E-state index is 15.1. The van der Waals surface area contributed by atoms with Gasteiger partial charge in [-0.05, 0) is 24.3 Å². The molecule has 9 nitrogen and oxygen atoms in total. The summed E-state index contributed by atoms with van der Waals surface area (Å²) in [5.41, 5.74) is -1.47. The van der Waals surface area contributed by atoms with Gasteiger partial charge >= 0.3 is 10.2 Å². The summed E-state index contributed by atoms with van der Waals surface area (Å²) in [7, 11) is -1.58. The standard InChI is InChI=1S/C20H19ClF3N5O4S/c1-28-9-25-12-5-6-14(18(24)16(12)20(28)30)26-19-10(22)3-4-13(17(19)21)27-34(31,32)29-7-11(23)15(8-29)33-2/h3-6,9,11,15,26-27H,7-8H2,1-2H3/t11-,15+/m1/s1. The highest BCUT2D eigenvalue weighted by Crippen LogP contribution is 2.37. The number of aryl methyl sites for hydroxylation is 1. The van der Waals surface area contributed by atoms with E-state index in [4.69, 9.17) is 16.3 Å². The highest BCUT2D eigenvalue weighted by molar-refractivity contribution is 7.90. The molecule has 0 amide bonds. The third kappa shape index (κ3) is 4.31. The van der Waals surface area contributed by atoms with E-state index in [-0.39, 0.29) is 28.8 Å². The Morgan fingerprint density at radius 1 is 1.18 bits per heavy atom. The molecule has 1 aromatic heterocycles. The minimum absolute atomic E-state index is 0.102. The maximum Gasteiger partial charge on any atom is 0.301 e. The van der Waals surface area contributed by atoms with E-state index >= 15 is 4.39 Å². The number of nitrogens with one attached hydrogen (secondary N) is 2. The molecular weight excluding hydrogens is 499 g/mol. The summed E-state index contributed by atoms with van der Waals surface area (Å²) in [6.45, 7) is -0.648. The number of hydrogen-bond donors (Lipinski definition) is 2. The van der Waals surface area contributed by atoms with Crippen LogP contribution in [0, 0.1) is 11.6 Å². The molecule has 0 radical (unpaired) electrons. The number of anilines is 3. The minimum atomic E-state index is -4.26. The third-order valence-corrected chi connectivity index (χ3v) is 7.27. The Labute approximate surface area is 197 Å². The number of halogens is 4.